The van der Waals surface area contributed by atoms with Gasteiger partial charge in [0.05, 0.1) is 0 Å². The number of amides is 2. The fourth-order valence-electron chi connectivity index (χ4n) is 1.27. The van der Waals surface area contributed by atoms with Crippen molar-refractivity contribution in [1.29, 1.82) is 0 Å². The molecule has 0 fully saturated rings. The molecule has 18 heavy (non-hydrogen) atoms. The normalized spacial score (nSPS) is 10.9. The first-order chi connectivity index (χ1) is 8.21. The summed E-state index contributed by atoms with van der Waals surface area (Å²) in [5, 5.41) is 8.51. The lowest BCUT2D eigenvalue weighted by Crippen LogP contribution is -2.48. The number of nitrogens with zero attached hydrogens (tertiary/aromatic N) is 2. The molecule has 0 saturated carbocycles. The van der Waals surface area contributed by atoms with Crippen molar-refractivity contribution in [3.63, 3.8) is 0 Å². The van der Waals surface area contributed by atoms with Crippen LogP contribution in [0.15, 0.2) is 12.7 Å². The molecule has 0 heterocycles. The Morgan fingerprint density at radius 3 is 2.22 bits per heavy atom. The first-order valence-corrected chi connectivity index (χ1v) is 5.14. The van der Waals surface area contributed by atoms with Gasteiger partial charge in [-0.05, 0) is 6.92 Å². The molecule has 8 heteroatoms. The minimum absolute atomic E-state index is 0.0588. The monoisotopic (exact) mass is 268 g/mol. The van der Waals surface area contributed by atoms with Gasteiger partial charge in [0.15, 0.2) is 0 Å². The van der Waals surface area contributed by atoms with Gasteiger partial charge in [0.25, 0.3) is 0 Å². The molecule has 104 valence electrons. The molecule has 5 nitrogen and oxygen atoms in total. The lowest BCUT2D eigenvalue weighted by molar-refractivity contribution is -0.149. The number of carbonyl (C=O) groups excluding carboxylic acids is 1. The molecular weight excluding hydrogens is 253 g/mol. The minimum Gasteiger partial charge on any atom is -0.480 e. The second-order valence-electron chi connectivity index (χ2n) is 3.47. The number of likely N-dealkylation sites (N-methyl/N-ethyl adjacent to an activating group) is 1. The van der Waals surface area contributed by atoms with E-state index in [0.29, 0.717) is 0 Å². The number of aliphatic carboxylic acids is 1. The number of rotatable bonds is 6. The van der Waals surface area contributed by atoms with Crippen molar-refractivity contribution < 1.29 is 27.9 Å². The number of urea groups is 1. The molecule has 0 spiro atoms. The third kappa shape index (κ3) is 6.12. The van der Waals surface area contributed by atoms with Gasteiger partial charge >= 0.3 is 18.2 Å². The van der Waals surface area contributed by atoms with E-state index >= 15 is 0 Å². The molecule has 0 bridgehead atoms. The summed E-state index contributed by atoms with van der Waals surface area (Å²) in [6.45, 7) is 2.59. The first kappa shape index (κ1) is 16.3. The van der Waals surface area contributed by atoms with Crippen LogP contribution >= 0.6 is 0 Å². The van der Waals surface area contributed by atoms with Crippen LogP contribution < -0.4 is 0 Å². The summed E-state index contributed by atoms with van der Waals surface area (Å²) in [5.74, 6) is -1.50. The maximum absolute atomic E-state index is 12.2. The van der Waals surface area contributed by atoms with Gasteiger partial charge in [-0.25, -0.2) is 4.79 Å². The lowest BCUT2D eigenvalue weighted by Gasteiger charge is -2.28. The SMILES string of the molecule is C=CCN(CC)C(=O)N(CC(=O)O)CC(F)(F)F. The second kappa shape index (κ2) is 6.87. The third-order valence-electron chi connectivity index (χ3n) is 1.97. The topological polar surface area (TPSA) is 60.9 Å². The Balaban J connectivity index is 4.87. The molecule has 0 aromatic carbocycles. The summed E-state index contributed by atoms with van der Waals surface area (Å²) in [6.07, 6.45) is -3.29. The average molecular weight is 268 g/mol. The van der Waals surface area contributed by atoms with Crippen molar-refractivity contribution in [2.75, 3.05) is 26.2 Å². The Labute approximate surface area is 102 Å². The molecule has 0 aliphatic carbocycles. The third-order valence-corrected chi connectivity index (χ3v) is 1.97. The number of carbonyl (C=O) groups is 2. The van der Waals surface area contributed by atoms with E-state index in [1.807, 2.05) is 0 Å². The molecule has 1 N–H and O–H groups in total. The summed E-state index contributed by atoms with van der Waals surface area (Å²) >= 11 is 0. The number of alkyl halides is 3. The molecule has 0 rings (SSSR count). The zero-order chi connectivity index (χ0) is 14.3. The highest BCUT2D eigenvalue weighted by molar-refractivity contribution is 5.80. The van der Waals surface area contributed by atoms with Crippen LogP contribution in [0.4, 0.5) is 18.0 Å². The zero-order valence-electron chi connectivity index (χ0n) is 9.90. The predicted octanol–water partition coefficient (Wildman–Crippen LogP) is 1.56. The van der Waals surface area contributed by atoms with E-state index in [0.717, 1.165) is 4.90 Å². The highest BCUT2D eigenvalue weighted by atomic mass is 19.4. The Bertz CT molecular complexity index is 318. The van der Waals surface area contributed by atoms with Crippen molar-refractivity contribution in [2.45, 2.75) is 13.1 Å². The van der Waals surface area contributed by atoms with E-state index in [1.54, 1.807) is 6.92 Å². The van der Waals surface area contributed by atoms with Gasteiger partial charge in [-0.2, -0.15) is 13.2 Å². The van der Waals surface area contributed by atoms with Crippen LogP contribution in [0.3, 0.4) is 0 Å². The fourth-order valence-corrected chi connectivity index (χ4v) is 1.27. The highest BCUT2D eigenvalue weighted by Crippen LogP contribution is 2.17. The van der Waals surface area contributed by atoms with Gasteiger partial charge in [-0.3, -0.25) is 4.79 Å². The lowest BCUT2D eigenvalue weighted by atomic mass is 10.4. The average Bonchev–Trinajstić information content (AvgIpc) is 2.21. The molecule has 0 radical (unpaired) electrons. The molecule has 2 amide bonds. The summed E-state index contributed by atoms with van der Waals surface area (Å²) in [4.78, 5) is 23.5. The number of hydrogen-bond donors (Lipinski definition) is 1. The number of halogens is 3. The second-order valence-corrected chi connectivity index (χ2v) is 3.47. The van der Waals surface area contributed by atoms with E-state index < -0.39 is 31.3 Å². The van der Waals surface area contributed by atoms with Gasteiger partial charge < -0.3 is 14.9 Å². The standard InChI is InChI=1S/C10H15F3N2O3/c1-3-5-14(4-2)9(18)15(6-8(16)17)7-10(11,12)13/h3H,1,4-7H2,2H3,(H,16,17). The van der Waals surface area contributed by atoms with E-state index in [2.05, 4.69) is 6.58 Å². The van der Waals surface area contributed by atoms with Crippen molar-refractivity contribution in [2.24, 2.45) is 0 Å². The highest BCUT2D eigenvalue weighted by Gasteiger charge is 2.35. The fraction of sp³-hybridized carbons (Fsp3) is 0.600. The van der Waals surface area contributed by atoms with E-state index in [4.69, 9.17) is 5.11 Å². The van der Waals surface area contributed by atoms with E-state index in [-0.39, 0.29) is 18.0 Å². The largest absolute Gasteiger partial charge is 0.480 e. The Hall–Kier alpha value is -1.73. The van der Waals surface area contributed by atoms with Gasteiger partial charge in [-0.1, -0.05) is 6.08 Å². The smallest absolute Gasteiger partial charge is 0.406 e. The van der Waals surface area contributed by atoms with Gasteiger partial charge in [0.2, 0.25) is 0 Å². The number of carboxylic acid groups (broad SMARTS) is 1. The molecule has 0 aliphatic rings. The van der Waals surface area contributed by atoms with E-state index in [9.17, 15) is 22.8 Å². The van der Waals surface area contributed by atoms with Crippen LogP contribution in [-0.2, 0) is 4.79 Å². The number of hydrogen-bond acceptors (Lipinski definition) is 2. The minimum atomic E-state index is -4.64. The maximum Gasteiger partial charge on any atom is 0.406 e. The summed E-state index contributed by atoms with van der Waals surface area (Å²) in [5.41, 5.74) is 0. The first-order valence-electron chi connectivity index (χ1n) is 5.14. The van der Waals surface area contributed by atoms with Crippen molar-refractivity contribution in [1.82, 2.24) is 9.80 Å². The summed E-state index contributed by atoms with van der Waals surface area (Å²) < 4.78 is 36.7. The van der Waals surface area contributed by atoms with Crippen LogP contribution in [0.25, 0.3) is 0 Å². The van der Waals surface area contributed by atoms with Crippen molar-refractivity contribution in [3.8, 4) is 0 Å². The van der Waals surface area contributed by atoms with Gasteiger partial charge in [0, 0.05) is 13.1 Å². The van der Waals surface area contributed by atoms with E-state index in [1.165, 1.54) is 6.08 Å². The molecule has 0 aliphatic heterocycles. The summed E-state index contributed by atoms with van der Waals surface area (Å²) in [7, 11) is 0. The molecule has 0 atom stereocenters. The molecule has 0 unspecified atom stereocenters. The Morgan fingerprint density at radius 1 is 1.33 bits per heavy atom. The molecule has 0 saturated heterocycles. The number of carboxylic acids is 1. The predicted molar refractivity (Wildman–Crippen MR) is 58.1 cm³/mol. The molecular formula is C10H15F3N2O3. The van der Waals surface area contributed by atoms with Crippen molar-refractivity contribution in [3.05, 3.63) is 12.7 Å². The Kier molecular flexibility index (Phi) is 6.21. The van der Waals surface area contributed by atoms with Gasteiger partial charge in [0.1, 0.15) is 13.1 Å². The van der Waals surface area contributed by atoms with Crippen LogP contribution in [0.5, 0.6) is 0 Å². The molecule has 0 aromatic heterocycles. The van der Waals surface area contributed by atoms with Crippen molar-refractivity contribution >= 4 is 12.0 Å². The summed E-state index contributed by atoms with van der Waals surface area (Å²) in [6, 6.07) is -0.975. The molecule has 0 aromatic rings. The quantitative estimate of drug-likeness (QED) is 0.744. The zero-order valence-corrected chi connectivity index (χ0v) is 9.90. The van der Waals surface area contributed by atoms with Crippen LogP contribution in [0.2, 0.25) is 0 Å². The maximum atomic E-state index is 12.2. The van der Waals surface area contributed by atoms with Crippen LogP contribution in [0.1, 0.15) is 6.92 Å². The van der Waals surface area contributed by atoms with Crippen LogP contribution in [-0.4, -0.2) is 59.3 Å². The Morgan fingerprint density at radius 2 is 1.89 bits per heavy atom. The van der Waals surface area contributed by atoms with Gasteiger partial charge in [-0.15, -0.1) is 6.58 Å². The van der Waals surface area contributed by atoms with Crippen LogP contribution in [0, 0.1) is 0 Å².